The van der Waals surface area contributed by atoms with Gasteiger partial charge >= 0.3 is 0 Å². The van der Waals surface area contributed by atoms with E-state index in [1.54, 1.807) is 41.3 Å². The summed E-state index contributed by atoms with van der Waals surface area (Å²) in [5.41, 5.74) is 2.50. The number of nitrogens with zero attached hydrogens (tertiary/aromatic N) is 2. The number of nitrogens with one attached hydrogen (secondary N) is 2. The zero-order chi connectivity index (χ0) is 30.3. The first-order valence-corrected chi connectivity index (χ1v) is 13.8. The van der Waals surface area contributed by atoms with Crippen LogP contribution in [0.1, 0.15) is 43.1 Å². The molecule has 3 amide bonds. The van der Waals surface area contributed by atoms with Gasteiger partial charge in [0, 0.05) is 55.2 Å². The summed E-state index contributed by atoms with van der Waals surface area (Å²) in [4.78, 5) is 43.0. The van der Waals surface area contributed by atoms with E-state index >= 15 is 0 Å². The van der Waals surface area contributed by atoms with Crippen LogP contribution in [0.2, 0.25) is 0 Å². The van der Waals surface area contributed by atoms with Gasteiger partial charge < -0.3 is 20.4 Å². The summed E-state index contributed by atoms with van der Waals surface area (Å²) in [5.74, 6) is -2.47. The second-order valence-corrected chi connectivity index (χ2v) is 10.1. The molecule has 4 aromatic carbocycles. The van der Waals surface area contributed by atoms with E-state index in [4.69, 9.17) is 0 Å². The maximum Gasteiger partial charge on any atom is 0.255 e. The van der Waals surface area contributed by atoms with E-state index in [1.807, 2.05) is 4.90 Å². The second kappa shape index (κ2) is 13.2. The van der Waals surface area contributed by atoms with E-state index in [-0.39, 0.29) is 29.4 Å². The molecule has 0 atom stereocenters. The lowest BCUT2D eigenvalue weighted by atomic mass is 10.1. The molecule has 4 aromatic rings. The standard InChI is InChI=1S/C33H29F3N4O3/c34-25-9-5-22(6-10-25)21-37-32(42)29-20-28(38-31(41)23-7-11-26(35)12-8-23)13-14-30(29)39-15-2-16-40(18-17-39)33(43)24-3-1-4-27(36)19-24/h1,3-14,19-20H,2,15-18,21H2,(H,37,42)(H,38,41). The molecular weight excluding hydrogens is 557 g/mol. The summed E-state index contributed by atoms with van der Waals surface area (Å²) in [7, 11) is 0. The Morgan fingerprint density at radius 3 is 2.12 bits per heavy atom. The highest BCUT2D eigenvalue weighted by Gasteiger charge is 2.24. The number of anilines is 2. The average molecular weight is 587 g/mol. The van der Waals surface area contributed by atoms with Crippen molar-refractivity contribution in [3.05, 3.63) is 131 Å². The van der Waals surface area contributed by atoms with E-state index in [2.05, 4.69) is 10.6 Å². The van der Waals surface area contributed by atoms with Crippen LogP contribution < -0.4 is 15.5 Å². The van der Waals surface area contributed by atoms with Crippen molar-refractivity contribution < 1.29 is 27.6 Å². The Balaban J connectivity index is 1.37. The van der Waals surface area contributed by atoms with Crippen molar-refractivity contribution in [1.82, 2.24) is 10.2 Å². The smallest absolute Gasteiger partial charge is 0.255 e. The van der Waals surface area contributed by atoms with Gasteiger partial charge in [-0.25, -0.2) is 13.2 Å². The highest BCUT2D eigenvalue weighted by Crippen LogP contribution is 2.27. The third-order valence-electron chi connectivity index (χ3n) is 7.17. The fourth-order valence-corrected chi connectivity index (χ4v) is 4.92. The average Bonchev–Trinajstić information content (AvgIpc) is 3.27. The number of rotatable bonds is 7. The highest BCUT2D eigenvalue weighted by atomic mass is 19.1. The van der Waals surface area contributed by atoms with Crippen LogP contribution in [0.15, 0.2) is 91.0 Å². The van der Waals surface area contributed by atoms with Crippen LogP contribution in [0.4, 0.5) is 24.5 Å². The normalized spacial score (nSPS) is 13.3. The quantitative estimate of drug-likeness (QED) is 0.294. The van der Waals surface area contributed by atoms with E-state index in [0.717, 1.165) is 0 Å². The number of halogens is 3. The Kier molecular flexibility index (Phi) is 9.05. The molecule has 1 aliphatic rings. The van der Waals surface area contributed by atoms with E-state index in [0.29, 0.717) is 55.1 Å². The lowest BCUT2D eigenvalue weighted by Gasteiger charge is -2.26. The SMILES string of the molecule is O=C(Nc1ccc(N2CCCN(C(=O)c3cccc(F)c3)CC2)c(C(=O)NCc2ccc(F)cc2)c1)c1ccc(F)cc1. The van der Waals surface area contributed by atoms with E-state index in [9.17, 15) is 27.6 Å². The van der Waals surface area contributed by atoms with Gasteiger partial charge in [0.1, 0.15) is 17.5 Å². The molecule has 1 fully saturated rings. The summed E-state index contributed by atoms with van der Waals surface area (Å²) >= 11 is 0. The zero-order valence-electron chi connectivity index (χ0n) is 23.2. The van der Waals surface area contributed by atoms with Gasteiger partial charge in [-0.05, 0) is 84.8 Å². The van der Waals surface area contributed by atoms with Gasteiger partial charge in [0.25, 0.3) is 17.7 Å². The van der Waals surface area contributed by atoms with E-state index < -0.39 is 23.4 Å². The number of benzene rings is 4. The fourth-order valence-electron chi connectivity index (χ4n) is 4.92. The van der Waals surface area contributed by atoms with Crippen molar-refractivity contribution in [2.75, 3.05) is 36.4 Å². The van der Waals surface area contributed by atoms with Crippen molar-refractivity contribution in [3.63, 3.8) is 0 Å². The van der Waals surface area contributed by atoms with Crippen LogP contribution in [0.3, 0.4) is 0 Å². The Bertz CT molecular complexity index is 1630. The number of hydrogen-bond acceptors (Lipinski definition) is 4. The van der Waals surface area contributed by atoms with Gasteiger partial charge in [0.2, 0.25) is 0 Å². The predicted octanol–water partition coefficient (Wildman–Crippen LogP) is 5.64. The number of carbonyl (C=O) groups excluding carboxylic acids is 3. The number of amides is 3. The third kappa shape index (κ3) is 7.40. The van der Waals surface area contributed by atoms with Crippen LogP contribution in [0.5, 0.6) is 0 Å². The third-order valence-corrected chi connectivity index (χ3v) is 7.17. The van der Waals surface area contributed by atoms with Gasteiger partial charge in [0.15, 0.2) is 0 Å². The Morgan fingerprint density at radius 1 is 0.674 bits per heavy atom. The van der Waals surface area contributed by atoms with Crippen LogP contribution in [0, 0.1) is 17.5 Å². The molecule has 10 heteroatoms. The number of carbonyl (C=O) groups is 3. The minimum absolute atomic E-state index is 0.153. The molecule has 0 unspecified atom stereocenters. The van der Waals surface area contributed by atoms with Crippen molar-refractivity contribution in [2.24, 2.45) is 0 Å². The maximum atomic E-state index is 13.7. The van der Waals surface area contributed by atoms with Gasteiger partial charge in [-0.3, -0.25) is 14.4 Å². The molecule has 1 aliphatic heterocycles. The lowest BCUT2D eigenvalue weighted by molar-refractivity contribution is 0.0766. The van der Waals surface area contributed by atoms with Gasteiger partial charge in [-0.15, -0.1) is 0 Å². The lowest BCUT2D eigenvalue weighted by Crippen LogP contribution is -2.36. The molecule has 0 bridgehead atoms. The summed E-state index contributed by atoms with van der Waals surface area (Å²) in [6.07, 6.45) is 0.612. The first-order chi connectivity index (χ1) is 20.8. The predicted molar refractivity (Wildman–Crippen MR) is 157 cm³/mol. The molecule has 0 radical (unpaired) electrons. The molecule has 43 heavy (non-hydrogen) atoms. The van der Waals surface area contributed by atoms with Crippen molar-refractivity contribution >= 4 is 29.1 Å². The molecule has 7 nitrogen and oxygen atoms in total. The topological polar surface area (TPSA) is 81.8 Å². The highest BCUT2D eigenvalue weighted by molar-refractivity contribution is 6.06. The molecule has 0 spiro atoms. The fraction of sp³-hybridized carbons (Fsp3) is 0.182. The monoisotopic (exact) mass is 586 g/mol. The van der Waals surface area contributed by atoms with Crippen molar-refractivity contribution in [2.45, 2.75) is 13.0 Å². The molecule has 0 saturated carbocycles. The zero-order valence-corrected chi connectivity index (χ0v) is 23.2. The molecular formula is C33H29F3N4O3. The molecule has 220 valence electrons. The summed E-state index contributed by atoms with van der Waals surface area (Å²) < 4.78 is 40.4. The maximum absolute atomic E-state index is 13.7. The molecule has 0 aromatic heterocycles. The van der Waals surface area contributed by atoms with Crippen LogP contribution in [-0.4, -0.2) is 48.8 Å². The molecule has 0 aliphatic carbocycles. The minimum atomic E-state index is -0.481. The van der Waals surface area contributed by atoms with Gasteiger partial charge in [-0.1, -0.05) is 18.2 Å². The van der Waals surface area contributed by atoms with Crippen LogP contribution >= 0.6 is 0 Å². The van der Waals surface area contributed by atoms with Gasteiger partial charge in [-0.2, -0.15) is 0 Å². The summed E-state index contributed by atoms with van der Waals surface area (Å²) in [5, 5.41) is 5.61. The largest absolute Gasteiger partial charge is 0.369 e. The Labute approximate surface area is 246 Å². The molecule has 5 rings (SSSR count). The second-order valence-electron chi connectivity index (χ2n) is 10.1. The molecule has 1 heterocycles. The first kappa shape index (κ1) is 29.4. The molecule has 2 N–H and O–H groups in total. The van der Waals surface area contributed by atoms with Crippen molar-refractivity contribution in [1.29, 1.82) is 0 Å². The minimum Gasteiger partial charge on any atom is -0.369 e. The summed E-state index contributed by atoms with van der Waals surface area (Å²) in [6, 6.07) is 21.4. The van der Waals surface area contributed by atoms with Gasteiger partial charge in [0.05, 0.1) is 5.56 Å². The number of hydrogen-bond donors (Lipinski definition) is 2. The van der Waals surface area contributed by atoms with Crippen LogP contribution in [0.25, 0.3) is 0 Å². The molecule has 1 saturated heterocycles. The summed E-state index contributed by atoms with van der Waals surface area (Å²) in [6.45, 7) is 1.94. The van der Waals surface area contributed by atoms with Crippen molar-refractivity contribution in [3.8, 4) is 0 Å². The van der Waals surface area contributed by atoms with E-state index in [1.165, 1.54) is 54.6 Å². The first-order valence-electron chi connectivity index (χ1n) is 13.8. The Hall–Kier alpha value is -5.12. The Morgan fingerprint density at radius 2 is 1.40 bits per heavy atom. The van der Waals surface area contributed by atoms with Crippen LogP contribution in [-0.2, 0) is 6.54 Å².